The fraction of sp³-hybridized carbons (Fsp3) is 0.257. The minimum atomic E-state index is 0.117. The van der Waals surface area contributed by atoms with Crippen molar-refractivity contribution in [2.45, 2.75) is 52.4 Å². The van der Waals surface area contributed by atoms with E-state index in [1.54, 1.807) is 0 Å². The molecule has 0 aliphatic heterocycles. The molecule has 5 aromatic rings. The average Bonchev–Trinajstić information content (AvgIpc) is 3.30. The highest BCUT2D eigenvalue weighted by Gasteiger charge is 2.17. The second-order valence-electron chi connectivity index (χ2n) is 12.2. The summed E-state index contributed by atoms with van der Waals surface area (Å²) in [7, 11) is 1.96. The van der Waals surface area contributed by atoms with Gasteiger partial charge in [-0.05, 0) is 62.4 Å². The van der Waals surface area contributed by atoms with Gasteiger partial charge < -0.3 is 0 Å². The average molecular weight is 500 g/mol. The molecule has 5 rings (SSSR count). The molecule has 1 heterocycles. The van der Waals surface area contributed by atoms with Crippen LogP contribution in [0.1, 0.15) is 52.7 Å². The zero-order valence-corrected chi connectivity index (χ0v) is 23.6. The number of aryl methyl sites for hydroxylation is 1. The van der Waals surface area contributed by atoms with Crippen LogP contribution >= 0.6 is 0 Å². The lowest BCUT2D eigenvalue weighted by Crippen LogP contribution is -2.10. The van der Waals surface area contributed by atoms with Crippen LogP contribution in [0, 0.1) is 0 Å². The van der Waals surface area contributed by atoms with Crippen molar-refractivity contribution in [3.05, 3.63) is 108 Å². The minimum absolute atomic E-state index is 0.117. The SMILES string of the molecule is Cn1nc(-c2cc(-c3ccc(C(C)(C)C)cc3)cc(-c3ccc(C(C)(C)C)cc3)c2)nc1-c1ccccc1. The Kier molecular flexibility index (Phi) is 6.56. The van der Waals surface area contributed by atoms with Gasteiger partial charge in [-0.2, -0.15) is 5.10 Å². The van der Waals surface area contributed by atoms with Gasteiger partial charge in [0, 0.05) is 18.2 Å². The Labute approximate surface area is 227 Å². The van der Waals surface area contributed by atoms with Crippen molar-refractivity contribution in [2.75, 3.05) is 0 Å². The van der Waals surface area contributed by atoms with Crippen molar-refractivity contribution in [3.8, 4) is 45.0 Å². The van der Waals surface area contributed by atoms with E-state index in [9.17, 15) is 0 Å². The molecule has 0 fully saturated rings. The monoisotopic (exact) mass is 499 g/mol. The van der Waals surface area contributed by atoms with Crippen LogP contribution in [0.25, 0.3) is 45.0 Å². The molecule has 0 spiro atoms. The zero-order chi connectivity index (χ0) is 27.1. The molecule has 1 aromatic heterocycles. The molecule has 192 valence electrons. The first-order valence-electron chi connectivity index (χ1n) is 13.3. The number of aromatic nitrogens is 3. The van der Waals surface area contributed by atoms with Crippen LogP contribution in [0.3, 0.4) is 0 Å². The Bertz CT molecular complexity index is 1470. The molecule has 3 heteroatoms. The van der Waals surface area contributed by atoms with E-state index < -0.39 is 0 Å². The lowest BCUT2D eigenvalue weighted by atomic mass is 9.85. The van der Waals surface area contributed by atoms with Crippen LogP contribution in [0.5, 0.6) is 0 Å². The molecule has 38 heavy (non-hydrogen) atoms. The molecule has 0 saturated carbocycles. The smallest absolute Gasteiger partial charge is 0.181 e. The fourth-order valence-electron chi connectivity index (χ4n) is 4.76. The van der Waals surface area contributed by atoms with Crippen LogP contribution in [-0.4, -0.2) is 14.8 Å². The molecule has 0 aliphatic rings. The van der Waals surface area contributed by atoms with E-state index >= 15 is 0 Å². The maximum absolute atomic E-state index is 4.96. The Morgan fingerprint density at radius 2 is 0.947 bits per heavy atom. The van der Waals surface area contributed by atoms with E-state index in [-0.39, 0.29) is 10.8 Å². The summed E-state index contributed by atoms with van der Waals surface area (Å²) in [6, 6.07) is 34.8. The van der Waals surface area contributed by atoms with Gasteiger partial charge in [0.2, 0.25) is 0 Å². The Morgan fingerprint density at radius 3 is 1.39 bits per heavy atom. The first-order valence-corrected chi connectivity index (χ1v) is 13.3. The molecule has 0 radical (unpaired) electrons. The second kappa shape index (κ2) is 9.72. The first kappa shape index (κ1) is 25.7. The predicted octanol–water partition coefficient (Wildman–Crippen LogP) is 9.08. The summed E-state index contributed by atoms with van der Waals surface area (Å²) in [5.41, 5.74) is 9.65. The van der Waals surface area contributed by atoms with Crippen LogP contribution in [0.4, 0.5) is 0 Å². The molecule has 4 aromatic carbocycles. The number of hydrogen-bond donors (Lipinski definition) is 0. The first-order chi connectivity index (χ1) is 18.0. The standard InChI is InChI=1S/C35H37N3/c1-34(2,3)30-17-13-24(14-18-30)27-21-28(25-15-19-31(20-16-25)35(4,5)6)23-29(22-27)32-36-33(38(7)37-32)26-11-9-8-10-12-26/h8-23H,1-7H3. The highest BCUT2D eigenvalue weighted by molar-refractivity contribution is 5.80. The third-order valence-electron chi connectivity index (χ3n) is 7.15. The summed E-state index contributed by atoms with van der Waals surface area (Å²) in [4.78, 5) is 4.96. The van der Waals surface area contributed by atoms with E-state index in [0.717, 1.165) is 33.9 Å². The van der Waals surface area contributed by atoms with Gasteiger partial charge in [-0.1, -0.05) is 120 Å². The predicted molar refractivity (Wildman–Crippen MR) is 160 cm³/mol. The maximum Gasteiger partial charge on any atom is 0.181 e. The van der Waals surface area contributed by atoms with Gasteiger partial charge in [-0.3, -0.25) is 0 Å². The van der Waals surface area contributed by atoms with Gasteiger partial charge in [0.15, 0.2) is 11.6 Å². The largest absolute Gasteiger partial charge is 0.248 e. The highest BCUT2D eigenvalue weighted by Crippen LogP contribution is 2.34. The number of nitrogens with zero attached hydrogens (tertiary/aromatic N) is 3. The second-order valence-corrected chi connectivity index (χ2v) is 12.2. The van der Waals surface area contributed by atoms with Gasteiger partial charge in [0.05, 0.1) is 0 Å². The molecule has 0 saturated heterocycles. The Balaban J connectivity index is 1.63. The summed E-state index contributed by atoms with van der Waals surface area (Å²) in [5.74, 6) is 1.59. The Hall–Kier alpha value is -3.98. The maximum atomic E-state index is 4.96. The molecule has 0 N–H and O–H groups in total. The van der Waals surface area contributed by atoms with Crippen molar-refractivity contribution in [1.82, 2.24) is 14.8 Å². The van der Waals surface area contributed by atoms with Gasteiger partial charge in [-0.15, -0.1) is 0 Å². The molecular weight excluding hydrogens is 462 g/mol. The lowest BCUT2D eigenvalue weighted by Gasteiger charge is -2.20. The molecule has 3 nitrogen and oxygen atoms in total. The van der Waals surface area contributed by atoms with Crippen molar-refractivity contribution < 1.29 is 0 Å². The van der Waals surface area contributed by atoms with E-state index in [0.29, 0.717) is 0 Å². The molecular formula is C35H37N3. The lowest BCUT2D eigenvalue weighted by molar-refractivity contribution is 0.590. The third kappa shape index (κ3) is 5.33. The van der Waals surface area contributed by atoms with Crippen LogP contribution < -0.4 is 0 Å². The van der Waals surface area contributed by atoms with E-state index in [1.807, 2.05) is 29.9 Å². The van der Waals surface area contributed by atoms with Crippen LogP contribution in [0.15, 0.2) is 97.1 Å². The Morgan fingerprint density at radius 1 is 0.500 bits per heavy atom. The van der Waals surface area contributed by atoms with Gasteiger partial charge >= 0.3 is 0 Å². The van der Waals surface area contributed by atoms with Crippen molar-refractivity contribution >= 4 is 0 Å². The van der Waals surface area contributed by atoms with E-state index in [2.05, 4.69) is 120 Å². The molecule has 0 unspecified atom stereocenters. The van der Waals surface area contributed by atoms with Gasteiger partial charge in [0.1, 0.15) is 0 Å². The molecule has 0 atom stereocenters. The quantitative estimate of drug-likeness (QED) is 0.247. The zero-order valence-electron chi connectivity index (χ0n) is 23.6. The van der Waals surface area contributed by atoms with Gasteiger partial charge in [0.25, 0.3) is 0 Å². The summed E-state index contributed by atoms with van der Waals surface area (Å²) >= 11 is 0. The van der Waals surface area contributed by atoms with Crippen molar-refractivity contribution in [2.24, 2.45) is 7.05 Å². The van der Waals surface area contributed by atoms with Crippen molar-refractivity contribution in [1.29, 1.82) is 0 Å². The number of hydrogen-bond acceptors (Lipinski definition) is 2. The topological polar surface area (TPSA) is 30.7 Å². The number of rotatable bonds is 4. The minimum Gasteiger partial charge on any atom is -0.248 e. The van der Waals surface area contributed by atoms with Crippen LogP contribution in [0.2, 0.25) is 0 Å². The van der Waals surface area contributed by atoms with Crippen molar-refractivity contribution in [3.63, 3.8) is 0 Å². The summed E-state index contributed by atoms with van der Waals surface area (Å²) < 4.78 is 1.87. The summed E-state index contributed by atoms with van der Waals surface area (Å²) in [6.45, 7) is 13.5. The molecule has 0 amide bonds. The highest BCUT2D eigenvalue weighted by atomic mass is 15.3. The van der Waals surface area contributed by atoms with Crippen LogP contribution in [-0.2, 0) is 17.9 Å². The normalized spacial score (nSPS) is 12.1. The molecule has 0 bridgehead atoms. The third-order valence-corrected chi connectivity index (χ3v) is 7.15. The van der Waals surface area contributed by atoms with E-state index in [1.165, 1.54) is 22.3 Å². The number of benzene rings is 4. The van der Waals surface area contributed by atoms with E-state index in [4.69, 9.17) is 10.1 Å². The summed E-state index contributed by atoms with van der Waals surface area (Å²) in [6.07, 6.45) is 0. The summed E-state index contributed by atoms with van der Waals surface area (Å²) in [5, 5.41) is 4.83. The fourth-order valence-corrected chi connectivity index (χ4v) is 4.76. The molecule has 0 aliphatic carbocycles. The van der Waals surface area contributed by atoms with Gasteiger partial charge in [-0.25, -0.2) is 9.67 Å².